The van der Waals surface area contributed by atoms with Gasteiger partial charge in [0.1, 0.15) is 0 Å². The highest BCUT2D eigenvalue weighted by atomic mass is 79.9. The number of nitrogens with zero attached hydrogens (tertiary/aromatic N) is 1. The van der Waals surface area contributed by atoms with Crippen molar-refractivity contribution in [2.45, 2.75) is 32.2 Å². The molecule has 0 spiro atoms. The second-order valence-electron chi connectivity index (χ2n) is 5.25. The van der Waals surface area contributed by atoms with Crippen LogP contribution in [0.25, 0.3) is 0 Å². The lowest BCUT2D eigenvalue weighted by molar-refractivity contribution is 0.0911. The molecular weight excluding hydrogens is 384 g/mol. The van der Waals surface area contributed by atoms with E-state index in [2.05, 4.69) is 49.0 Å². The molecule has 0 atom stereocenters. The number of amides is 1. The van der Waals surface area contributed by atoms with Gasteiger partial charge in [-0.3, -0.25) is 4.79 Å². The third-order valence-electron chi connectivity index (χ3n) is 3.59. The minimum atomic E-state index is 0.0148. The van der Waals surface area contributed by atoms with Gasteiger partial charge in [0.2, 0.25) is 0 Å². The van der Waals surface area contributed by atoms with Crippen molar-refractivity contribution in [3.8, 4) is 0 Å². The van der Waals surface area contributed by atoms with Crippen LogP contribution in [0.5, 0.6) is 0 Å². The lowest BCUT2D eigenvalue weighted by atomic mass is 10.0. The molecule has 3 nitrogen and oxygen atoms in total. The van der Waals surface area contributed by atoms with Gasteiger partial charge in [-0.25, -0.2) is 0 Å². The third kappa shape index (κ3) is 4.57. The van der Waals surface area contributed by atoms with E-state index in [4.69, 9.17) is 0 Å². The number of rotatable bonds is 4. The second kappa shape index (κ2) is 7.57. The molecule has 5 heteroatoms. The van der Waals surface area contributed by atoms with Crippen LogP contribution in [-0.2, 0) is 0 Å². The summed E-state index contributed by atoms with van der Waals surface area (Å²) in [6.07, 6.45) is 3.28. The first-order chi connectivity index (χ1) is 9.58. The van der Waals surface area contributed by atoms with Crippen molar-refractivity contribution in [3.05, 3.63) is 32.7 Å². The maximum absolute atomic E-state index is 12.3. The Morgan fingerprint density at radius 2 is 1.85 bits per heavy atom. The zero-order valence-corrected chi connectivity index (χ0v) is 14.8. The summed E-state index contributed by atoms with van der Waals surface area (Å²) in [4.78, 5) is 14.7. The average Bonchev–Trinajstić information content (AvgIpc) is 2.40. The number of nitrogens with one attached hydrogen (secondary N) is 1. The van der Waals surface area contributed by atoms with Gasteiger partial charge in [-0.2, -0.15) is 0 Å². The highest BCUT2D eigenvalue weighted by molar-refractivity contribution is 9.11. The zero-order chi connectivity index (χ0) is 14.5. The SMILES string of the molecule is CCCN1CCC(NC(=O)c2cc(Br)cc(Br)c2)CC1. The summed E-state index contributed by atoms with van der Waals surface area (Å²) in [6.45, 7) is 5.54. The van der Waals surface area contributed by atoms with Gasteiger partial charge < -0.3 is 10.2 Å². The monoisotopic (exact) mass is 402 g/mol. The van der Waals surface area contributed by atoms with Gasteiger partial charge in [-0.1, -0.05) is 38.8 Å². The van der Waals surface area contributed by atoms with Gasteiger partial charge in [-0.15, -0.1) is 0 Å². The Hall–Kier alpha value is -0.390. The van der Waals surface area contributed by atoms with E-state index in [1.54, 1.807) is 0 Å². The number of hydrogen-bond donors (Lipinski definition) is 1. The summed E-state index contributed by atoms with van der Waals surface area (Å²) in [7, 11) is 0. The Morgan fingerprint density at radius 3 is 2.40 bits per heavy atom. The first kappa shape index (κ1) is 16.0. The first-order valence-corrected chi connectivity index (χ1v) is 8.66. The average molecular weight is 404 g/mol. The molecule has 1 aromatic carbocycles. The van der Waals surface area contributed by atoms with E-state index >= 15 is 0 Å². The fourth-order valence-corrected chi connectivity index (χ4v) is 3.86. The molecule has 0 saturated carbocycles. The molecule has 0 bridgehead atoms. The Bertz CT molecular complexity index is 451. The molecule has 1 aliphatic rings. The van der Waals surface area contributed by atoms with Crippen LogP contribution in [-0.4, -0.2) is 36.5 Å². The Labute approximate surface area is 137 Å². The number of carbonyl (C=O) groups excluding carboxylic acids is 1. The molecule has 0 aromatic heterocycles. The molecule has 1 heterocycles. The van der Waals surface area contributed by atoms with Crippen LogP contribution in [0.1, 0.15) is 36.5 Å². The van der Waals surface area contributed by atoms with E-state index in [-0.39, 0.29) is 5.91 Å². The number of hydrogen-bond acceptors (Lipinski definition) is 2. The lowest BCUT2D eigenvalue weighted by Gasteiger charge is -2.32. The largest absolute Gasteiger partial charge is 0.349 e. The highest BCUT2D eigenvalue weighted by Crippen LogP contribution is 2.20. The third-order valence-corrected chi connectivity index (χ3v) is 4.50. The van der Waals surface area contributed by atoms with Crippen LogP contribution in [0.15, 0.2) is 27.1 Å². The Kier molecular flexibility index (Phi) is 6.05. The summed E-state index contributed by atoms with van der Waals surface area (Å²) in [6, 6.07) is 5.94. The predicted octanol–water partition coefficient (Wildman–Crippen LogP) is 3.82. The van der Waals surface area contributed by atoms with E-state index in [0.29, 0.717) is 11.6 Å². The van der Waals surface area contributed by atoms with Gasteiger partial charge >= 0.3 is 0 Å². The van der Waals surface area contributed by atoms with Crippen molar-refractivity contribution >= 4 is 37.8 Å². The smallest absolute Gasteiger partial charge is 0.251 e. The molecule has 0 aliphatic carbocycles. The fourth-order valence-electron chi connectivity index (χ4n) is 2.57. The second-order valence-corrected chi connectivity index (χ2v) is 7.08. The van der Waals surface area contributed by atoms with Crippen molar-refractivity contribution in [2.75, 3.05) is 19.6 Å². The van der Waals surface area contributed by atoms with Crippen LogP contribution < -0.4 is 5.32 Å². The number of likely N-dealkylation sites (tertiary alicyclic amines) is 1. The molecule has 0 radical (unpaired) electrons. The number of benzene rings is 1. The van der Waals surface area contributed by atoms with E-state index in [1.807, 2.05) is 18.2 Å². The van der Waals surface area contributed by atoms with E-state index in [9.17, 15) is 4.79 Å². The Morgan fingerprint density at radius 1 is 1.25 bits per heavy atom. The maximum Gasteiger partial charge on any atom is 0.251 e. The van der Waals surface area contributed by atoms with E-state index in [0.717, 1.165) is 34.9 Å². The molecule has 110 valence electrons. The summed E-state index contributed by atoms with van der Waals surface area (Å²) in [5.41, 5.74) is 0.697. The normalized spacial score (nSPS) is 17.1. The minimum Gasteiger partial charge on any atom is -0.349 e. The quantitative estimate of drug-likeness (QED) is 0.828. The minimum absolute atomic E-state index is 0.0148. The predicted molar refractivity (Wildman–Crippen MR) is 89.1 cm³/mol. The molecule has 1 saturated heterocycles. The summed E-state index contributed by atoms with van der Waals surface area (Å²) < 4.78 is 1.82. The van der Waals surface area contributed by atoms with Crippen LogP contribution >= 0.6 is 31.9 Å². The molecule has 1 amide bonds. The van der Waals surface area contributed by atoms with Crippen molar-refractivity contribution in [1.29, 1.82) is 0 Å². The molecule has 1 aromatic rings. The number of piperidine rings is 1. The van der Waals surface area contributed by atoms with Crippen molar-refractivity contribution in [2.24, 2.45) is 0 Å². The van der Waals surface area contributed by atoms with Crippen molar-refractivity contribution in [1.82, 2.24) is 10.2 Å². The van der Waals surface area contributed by atoms with Crippen molar-refractivity contribution < 1.29 is 4.79 Å². The lowest BCUT2D eigenvalue weighted by Crippen LogP contribution is -2.44. The molecule has 1 aliphatic heterocycles. The van der Waals surface area contributed by atoms with Crippen LogP contribution in [0.3, 0.4) is 0 Å². The Balaban J connectivity index is 1.89. The van der Waals surface area contributed by atoms with Gasteiger partial charge in [0, 0.05) is 33.6 Å². The molecule has 1 N–H and O–H groups in total. The van der Waals surface area contributed by atoms with Crippen LogP contribution in [0.2, 0.25) is 0 Å². The summed E-state index contributed by atoms with van der Waals surface area (Å²) in [5, 5.41) is 3.14. The van der Waals surface area contributed by atoms with E-state index in [1.165, 1.54) is 13.0 Å². The highest BCUT2D eigenvalue weighted by Gasteiger charge is 2.20. The molecule has 20 heavy (non-hydrogen) atoms. The topological polar surface area (TPSA) is 32.3 Å². The number of carbonyl (C=O) groups is 1. The molecule has 2 rings (SSSR count). The van der Waals surface area contributed by atoms with Crippen molar-refractivity contribution in [3.63, 3.8) is 0 Å². The van der Waals surface area contributed by atoms with Gasteiger partial charge in [-0.05, 0) is 44.0 Å². The van der Waals surface area contributed by atoms with Gasteiger partial charge in [0.05, 0.1) is 0 Å². The summed E-state index contributed by atoms with van der Waals surface area (Å²) >= 11 is 6.83. The standard InChI is InChI=1S/C15H20Br2N2O/c1-2-5-19-6-3-14(4-7-19)18-15(20)11-8-12(16)10-13(17)9-11/h8-10,14H,2-7H2,1H3,(H,18,20). The van der Waals surface area contributed by atoms with Gasteiger partial charge in [0.25, 0.3) is 5.91 Å². The molecule has 0 unspecified atom stereocenters. The van der Waals surface area contributed by atoms with Gasteiger partial charge in [0.15, 0.2) is 0 Å². The number of halogens is 2. The van der Waals surface area contributed by atoms with E-state index < -0.39 is 0 Å². The first-order valence-electron chi connectivity index (χ1n) is 7.08. The summed E-state index contributed by atoms with van der Waals surface area (Å²) in [5.74, 6) is 0.0148. The zero-order valence-electron chi connectivity index (χ0n) is 11.7. The molecule has 1 fully saturated rings. The molecular formula is C15H20Br2N2O. The maximum atomic E-state index is 12.3. The van der Waals surface area contributed by atoms with Crippen LogP contribution in [0.4, 0.5) is 0 Å². The van der Waals surface area contributed by atoms with Crippen LogP contribution in [0, 0.1) is 0 Å². The fraction of sp³-hybridized carbons (Fsp3) is 0.533.